The summed E-state index contributed by atoms with van der Waals surface area (Å²) in [6, 6.07) is 19.7. The first-order valence-electron chi connectivity index (χ1n) is 13.7. The Morgan fingerprint density at radius 3 is 2.42 bits per heavy atom. The highest BCUT2D eigenvalue weighted by atomic mass is 79.9. The molecule has 0 saturated heterocycles. The van der Waals surface area contributed by atoms with Gasteiger partial charge in [-0.15, -0.1) is 0 Å². The van der Waals surface area contributed by atoms with Crippen LogP contribution < -0.4 is 29.1 Å². The number of esters is 1. The molecule has 1 aliphatic heterocycles. The highest BCUT2D eigenvalue weighted by Gasteiger charge is 2.35. The Bertz CT molecular complexity index is 1860. The van der Waals surface area contributed by atoms with Crippen LogP contribution in [0.15, 0.2) is 86.6 Å². The van der Waals surface area contributed by atoms with Crippen molar-refractivity contribution in [1.82, 2.24) is 4.57 Å². The van der Waals surface area contributed by atoms with Crippen molar-refractivity contribution in [2.75, 3.05) is 20.8 Å². The van der Waals surface area contributed by atoms with Crippen LogP contribution in [0.3, 0.4) is 0 Å². The molecule has 1 aromatic heterocycles. The molecule has 1 aliphatic rings. The van der Waals surface area contributed by atoms with Crippen LogP contribution >= 0.6 is 27.3 Å². The lowest BCUT2D eigenvalue weighted by Crippen LogP contribution is -2.40. The van der Waals surface area contributed by atoms with Gasteiger partial charge in [0.2, 0.25) is 0 Å². The number of rotatable bonds is 9. The monoisotopic (exact) mass is 662 g/mol. The number of methoxy groups -OCH3 is 2. The summed E-state index contributed by atoms with van der Waals surface area (Å²) in [5.74, 6) is 1.25. The van der Waals surface area contributed by atoms with Crippen LogP contribution in [-0.4, -0.2) is 37.5 Å². The zero-order valence-electron chi connectivity index (χ0n) is 24.4. The zero-order chi connectivity index (χ0) is 30.7. The van der Waals surface area contributed by atoms with Gasteiger partial charge < -0.3 is 18.9 Å². The molecule has 0 aliphatic carbocycles. The summed E-state index contributed by atoms with van der Waals surface area (Å²) in [6.07, 6.45) is 1.74. The third kappa shape index (κ3) is 6.16. The van der Waals surface area contributed by atoms with Crippen LogP contribution in [0.4, 0.5) is 0 Å². The lowest BCUT2D eigenvalue weighted by atomic mass is 9.93. The van der Waals surface area contributed by atoms with Crippen molar-refractivity contribution in [3.8, 4) is 17.2 Å². The van der Waals surface area contributed by atoms with Crippen molar-refractivity contribution in [3.63, 3.8) is 0 Å². The topological polar surface area (TPSA) is 88.4 Å². The Kier molecular flexibility index (Phi) is 9.17. The van der Waals surface area contributed by atoms with Gasteiger partial charge in [0.05, 0.1) is 53.2 Å². The van der Waals surface area contributed by atoms with Gasteiger partial charge in [0.15, 0.2) is 16.3 Å². The predicted molar refractivity (Wildman–Crippen MR) is 171 cm³/mol. The van der Waals surface area contributed by atoms with Gasteiger partial charge in [0.25, 0.3) is 5.56 Å². The first-order chi connectivity index (χ1) is 20.7. The lowest BCUT2D eigenvalue weighted by Gasteiger charge is -2.26. The molecular formula is C33H31BrN2O6S. The predicted octanol–water partition coefficient (Wildman–Crippen LogP) is 5.50. The highest BCUT2D eigenvalue weighted by Crippen LogP contribution is 2.38. The smallest absolute Gasteiger partial charge is 0.338 e. The average molecular weight is 664 g/mol. The number of hydrogen-bond donors (Lipinski definition) is 0. The molecule has 4 aromatic rings. The molecule has 222 valence electrons. The number of fused-ring (bicyclic) bond motifs is 1. The molecule has 1 atom stereocenters. The standard InChI is InChI=1S/C33H31BrN2O6S/c1-6-41-32(38)27-28(21-10-8-7-9-11-21)35-33-36(29(27)22-12-14-23(39-4)15-13-22)31(37)26(43-33)18-20-16-24(34)30(42-19(2)3)25(17-20)40-5/h7-19,29H,6H2,1-5H3/b26-18-/t29-/m0/s1. The maximum absolute atomic E-state index is 14.2. The van der Waals surface area contributed by atoms with E-state index in [1.807, 2.05) is 68.4 Å². The van der Waals surface area contributed by atoms with Crippen molar-refractivity contribution in [1.29, 1.82) is 0 Å². The molecule has 2 heterocycles. The second kappa shape index (κ2) is 13.0. The second-order valence-electron chi connectivity index (χ2n) is 9.91. The number of aromatic nitrogens is 1. The van der Waals surface area contributed by atoms with Gasteiger partial charge in [-0.3, -0.25) is 9.36 Å². The van der Waals surface area contributed by atoms with Crippen LogP contribution in [0.5, 0.6) is 17.2 Å². The third-order valence-electron chi connectivity index (χ3n) is 6.71. The van der Waals surface area contributed by atoms with E-state index in [1.165, 1.54) is 11.3 Å². The summed E-state index contributed by atoms with van der Waals surface area (Å²) in [6.45, 7) is 5.81. The van der Waals surface area contributed by atoms with Crippen LogP contribution in [0.1, 0.15) is 43.5 Å². The molecule has 43 heavy (non-hydrogen) atoms. The molecule has 8 nitrogen and oxygen atoms in total. The first-order valence-corrected chi connectivity index (χ1v) is 15.3. The molecule has 0 unspecified atom stereocenters. The zero-order valence-corrected chi connectivity index (χ0v) is 26.8. The van der Waals surface area contributed by atoms with Crippen LogP contribution in [0, 0.1) is 0 Å². The number of hydrogen-bond acceptors (Lipinski definition) is 8. The fourth-order valence-corrected chi connectivity index (χ4v) is 6.42. The molecule has 0 fully saturated rings. The van der Waals surface area contributed by atoms with Gasteiger partial charge in [0.1, 0.15) is 5.75 Å². The van der Waals surface area contributed by atoms with E-state index in [9.17, 15) is 9.59 Å². The van der Waals surface area contributed by atoms with Gasteiger partial charge in [0, 0.05) is 5.56 Å². The summed E-state index contributed by atoms with van der Waals surface area (Å²) in [5, 5.41) is 0. The molecule has 0 saturated carbocycles. The quantitative estimate of drug-likeness (QED) is 0.220. The van der Waals surface area contributed by atoms with Gasteiger partial charge in [-0.1, -0.05) is 53.8 Å². The van der Waals surface area contributed by atoms with Crippen molar-refractivity contribution in [2.24, 2.45) is 4.99 Å². The van der Waals surface area contributed by atoms with Crippen molar-refractivity contribution < 1.29 is 23.7 Å². The van der Waals surface area contributed by atoms with E-state index in [0.717, 1.165) is 16.7 Å². The highest BCUT2D eigenvalue weighted by molar-refractivity contribution is 9.10. The first kappa shape index (κ1) is 30.3. The van der Waals surface area contributed by atoms with Crippen LogP contribution in [0.25, 0.3) is 11.8 Å². The van der Waals surface area contributed by atoms with E-state index in [0.29, 0.717) is 36.8 Å². The summed E-state index contributed by atoms with van der Waals surface area (Å²) in [4.78, 5) is 33.1. The number of nitrogens with zero attached hydrogens (tertiary/aromatic N) is 2. The molecule has 0 N–H and O–H groups in total. The number of carbonyl (C=O) groups is 1. The number of thiazole rings is 1. The number of carbonyl (C=O) groups excluding carboxylic acids is 1. The maximum Gasteiger partial charge on any atom is 0.338 e. The van der Waals surface area contributed by atoms with E-state index in [4.69, 9.17) is 23.9 Å². The van der Waals surface area contributed by atoms with Gasteiger partial charge >= 0.3 is 5.97 Å². The molecule has 0 bridgehead atoms. The van der Waals surface area contributed by atoms with Crippen molar-refractivity contribution in [3.05, 3.63) is 113 Å². The Hall–Kier alpha value is -4.15. The van der Waals surface area contributed by atoms with E-state index < -0.39 is 12.0 Å². The fourth-order valence-electron chi connectivity index (χ4n) is 4.87. The number of halogens is 1. The van der Waals surface area contributed by atoms with E-state index in [-0.39, 0.29) is 23.8 Å². The average Bonchev–Trinajstić information content (AvgIpc) is 3.32. The molecular weight excluding hydrogens is 632 g/mol. The minimum Gasteiger partial charge on any atom is -0.497 e. The van der Waals surface area contributed by atoms with Crippen LogP contribution in [0.2, 0.25) is 0 Å². The van der Waals surface area contributed by atoms with Gasteiger partial charge in [-0.25, -0.2) is 9.79 Å². The molecule has 0 spiro atoms. The molecule has 0 amide bonds. The Labute approximate surface area is 261 Å². The molecule has 10 heteroatoms. The van der Waals surface area contributed by atoms with Crippen molar-refractivity contribution in [2.45, 2.75) is 32.9 Å². The second-order valence-corrected chi connectivity index (χ2v) is 11.8. The van der Waals surface area contributed by atoms with E-state index in [2.05, 4.69) is 15.9 Å². The summed E-state index contributed by atoms with van der Waals surface area (Å²) in [5.41, 5.74) is 2.68. The Balaban J connectivity index is 1.77. The third-order valence-corrected chi connectivity index (χ3v) is 8.28. The van der Waals surface area contributed by atoms with Crippen LogP contribution in [-0.2, 0) is 9.53 Å². The number of benzene rings is 3. The number of ether oxygens (including phenoxy) is 4. The summed E-state index contributed by atoms with van der Waals surface area (Å²) >= 11 is 4.84. The Morgan fingerprint density at radius 1 is 1.07 bits per heavy atom. The summed E-state index contributed by atoms with van der Waals surface area (Å²) < 4.78 is 25.1. The van der Waals surface area contributed by atoms with E-state index >= 15 is 0 Å². The largest absolute Gasteiger partial charge is 0.497 e. The minimum atomic E-state index is -0.776. The summed E-state index contributed by atoms with van der Waals surface area (Å²) in [7, 11) is 3.16. The van der Waals surface area contributed by atoms with Crippen molar-refractivity contribution >= 4 is 45.0 Å². The van der Waals surface area contributed by atoms with Gasteiger partial charge in [-0.05, 0) is 78.2 Å². The minimum absolute atomic E-state index is 0.0508. The maximum atomic E-state index is 14.2. The fraction of sp³-hybridized carbons (Fsp3) is 0.242. The molecule has 5 rings (SSSR count). The Morgan fingerprint density at radius 2 is 1.79 bits per heavy atom. The normalized spacial score (nSPS) is 14.8. The lowest BCUT2D eigenvalue weighted by molar-refractivity contribution is -0.138. The van der Waals surface area contributed by atoms with Gasteiger partial charge in [-0.2, -0.15) is 0 Å². The van der Waals surface area contributed by atoms with E-state index in [1.54, 1.807) is 43.9 Å². The SMILES string of the molecule is CCOC(=O)C1=C(c2ccccc2)N=c2s/c(=C\c3cc(Br)c(OC(C)C)c(OC)c3)c(=O)n2[C@H]1c1ccc(OC)cc1. The molecule has 3 aromatic carbocycles. The molecule has 0 radical (unpaired) electrons.